The zero-order chi connectivity index (χ0) is 44.7. The smallest absolute Gasteiger partial charge is 0.0468 e. The standard InChI is InChI=1S/C65H51N/c1-63(2)52-33-21-20-32-47(52)58-60(63)57-46-31-19-22-34-53(46)64(3,4)61(57)59-51-38-49-50(39-54(51)65(5,6)62(58)59)55(40-23-11-7-12-24-40)45-36-35-44(37-48(45)56(49)41-25-13-8-14-26-41)66(42-27-15-9-16-28-42)43-29-17-10-18-30-43/h7-39H,1-6H3. The van der Waals surface area contributed by atoms with Gasteiger partial charge in [0.1, 0.15) is 0 Å². The van der Waals surface area contributed by atoms with Crippen LogP contribution in [0.5, 0.6) is 0 Å². The molecule has 1 nitrogen and oxygen atoms in total. The van der Waals surface area contributed by atoms with Crippen LogP contribution in [0.15, 0.2) is 200 Å². The lowest BCUT2D eigenvalue weighted by Crippen LogP contribution is -2.22. The highest BCUT2D eigenvalue weighted by Crippen LogP contribution is 2.68. The van der Waals surface area contributed by atoms with Crippen LogP contribution >= 0.6 is 0 Å². The maximum atomic E-state index is 2.63. The number of benzene rings is 10. The molecule has 0 bridgehead atoms. The first-order chi connectivity index (χ1) is 32.1. The van der Waals surface area contributed by atoms with Crippen molar-refractivity contribution in [2.24, 2.45) is 0 Å². The molecule has 316 valence electrons. The maximum Gasteiger partial charge on any atom is 0.0468 e. The van der Waals surface area contributed by atoms with Gasteiger partial charge in [-0.05, 0) is 159 Å². The monoisotopic (exact) mass is 845 g/mol. The molecule has 0 unspecified atom stereocenters. The van der Waals surface area contributed by atoms with E-state index in [4.69, 9.17) is 0 Å². The Morgan fingerprint density at radius 1 is 0.273 bits per heavy atom. The van der Waals surface area contributed by atoms with Crippen molar-refractivity contribution in [3.8, 4) is 55.6 Å². The molecule has 0 spiro atoms. The van der Waals surface area contributed by atoms with Gasteiger partial charge in [-0.1, -0.05) is 193 Å². The molecule has 0 fully saturated rings. The van der Waals surface area contributed by atoms with E-state index in [9.17, 15) is 0 Å². The SMILES string of the molecule is CC1(C)c2ccccc2-c2c1c1c(c3c2C(C)(C)c2cc4c(-c5ccccc5)c5ccc(N(c6ccccc6)c6ccccc6)cc5c(-c5ccccc5)c4cc2-3)C(C)(C)c2ccccc2-1. The first-order valence-corrected chi connectivity index (χ1v) is 23.6. The summed E-state index contributed by atoms with van der Waals surface area (Å²) in [6.07, 6.45) is 0. The molecule has 1 heteroatoms. The van der Waals surface area contributed by atoms with E-state index < -0.39 is 0 Å². The van der Waals surface area contributed by atoms with Gasteiger partial charge in [-0.15, -0.1) is 0 Å². The molecule has 0 heterocycles. The van der Waals surface area contributed by atoms with E-state index in [1.165, 1.54) is 111 Å². The summed E-state index contributed by atoms with van der Waals surface area (Å²) < 4.78 is 0. The number of rotatable bonds is 5. The highest BCUT2D eigenvalue weighted by molar-refractivity contribution is 6.23. The van der Waals surface area contributed by atoms with Crippen molar-refractivity contribution >= 4 is 38.6 Å². The fraction of sp³-hybridized carbons (Fsp3) is 0.138. The summed E-state index contributed by atoms with van der Waals surface area (Å²) in [5.41, 5.74) is 24.9. The third kappa shape index (κ3) is 5.17. The van der Waals surface area contributed by atoms with Crippen LogP contribution < -0.4 is 4.90 Å². The van der Waals surface area contributed by atoms with Crippen LogP contribution in [-0.4, -0.2) is 0 Å². The molecule has 0 radical (unpaired) electrons. The number of fused-ring (bicyclic) bond motifs is 14. The van der Waals surface area contributed by atoms with E-state index in [0.29, 0.717) is 0 Å². The molecular formula is C65H51N. The minimum Gasteiger partial charge on any atom is -0.310 e. The number of nitrogens with zero attached hydrogens (tertiary/aromatic N) is 1. The predicted molar refractivity (Wildman–Crippen MR) is 280 cm³/mol. The Hall–Kier alpha value is -7.48. The highest BCUT2D eigenvalue weighted by Gasteiger charge is 2.52. The Morgan fingerprint density at radius 2 is 0.652 bits per heavy atom. The summed E-state index contributed by atoms with van der Waals surface area (Å²) in [6.45, 7) is 14.9. The van der Waals surface area contributed by atoms with Crippen LogP contribution in [0.1, 0.15) is 74.9 Å². The fourth-order valence-corrected chi connectivity index (χ4v) is 12.9. The Morgan fingerprint density at radius 3 is 1.15 bits per heavy atom. The van der Waals surface area contributed by atoms with Crippen LogP contribution in [0.3, 0.4) is 0 Å². The summed E-state index contributed by atoms with van der Waals surface area (Å²) in [4.78, 5) is 2.39. The molecule has 3 aliphatic rings. The second-order valence-electron chi connectivity index (χ2n) is 20.4. The van der Waals surface area contributed by atoms with Gasteiger partial charge in [0.05, 0.1) is 0 Å². The number of hydrogen-bond acceptors (Lipinski definition) is 1. The van der Waals surface area contributed by atoms with Gasteiger partial charge in [0.25, 0.3) is 0 Å². The zero-order valence-electron chi connectivity index (χ0n) is 38.5. The van der Waals surface area contributed by atoms with E-state index in [2.05, 4.69) is 247 Å². The summed E-state index contributed by atoms with van der Waals surface area (Å²) in [5, 5.41) is 5.06. The van der Waals surface area contributed by atoms with Crippen LogP contribution in [0, 0.1) is 0 Å². The van der Waals surface area contributed by atoms with Crippen molar-refractivity contribution in [3.05, 3.63) is 234 Å². The maximum absolute atomic E-state index is 2.63. The molecule has 0 saturated heterocycles. The number of para-hydroxylation sites is 2. The normalized spacial score (nSPS) is 15.2. The largest absolute Gasteiger partial charge is 0.310 e. The molecule has 10 aromatic carbocycles. The van der Waals surface area contributed by atoms with Crippen molar-refractivity contribution in [1.82, 2.24) is 0 Å². The number of hydrogen-bond donors (Lipinski definition) is 0. The molecule has 0 amide bonds. The molecule has 13 rings (SSSR count). The second kappa shape index (κ2) is 13.8. The van der Waals surface area contributed by atoms with Crippen LogP contribution in [-0.2, 0) is 16.2 Å². The van der Waals surface area contributed by atoms with E-state index in [-0.39, 0.29) is 16.2 Å². The zero-order valence-corrected chi connectivity index (χ0v) is 38.5. The fourth-order valence-electron chi connectivity index (χ4n) is 12.9. The van der Waals surface area contributed by atoms with Crippen molar-refractivity contribution in [1.29, 1.82) is 0 Å². The summed E-state index contributed by atoms with van der Waals surface area (Å²) in [5.74, 6) is 0. The van der Waals surface area contributed by atoms with Crippen molar-refractivity contribution in [2.75, 3.05) is 4.90 Å². The molecule has 0 aromatic heterocycles. The van der Waals surface area contributed by atoms with Gasteiger partial charge in [-0.2, -0.15) is 0 Å². The summed E-state index contributed by atoms with van der Waals surface area (Å²) >= 11 is 0. The average molecular weight is 846 g/mol. The van der Waals surface area contributed by atoms with Crippen LogP contribution in [0.25, 0.3) is 77.2 Å². The van der Waals surface area contributed by atoms with Crippen molar-refractivity contribution in [3.63, 3.8) is 0 Å². The molecule has 66 heavy (non-hydrogen) atoms. The lowest BCUT2D eigenvalue weighted by atomic mass is 9.71. The highest BCUT2D eigenvalue weighted by atomic mass is 15.1. The molecule has 0 aliphatic heterocycles. The van der Waals surface area contributed by atoms with E-state index in [1.54, 1.807) is 0 Å². The van der Waals surface area contributed by atoms with Gasteiger partial charge in [-0.3, -0.25) is 0 Å². The Bertz CT molecular complexity index is 3590. The Kier molecular flexibility index (Phi) is 8.12. The van der Waals surface area contributed by atoms with Gasteiger partial charge in [0, 0.05) is 33.3 Å². The van der Waals surface area contributed by atoms with E-state index in [1.807, 2.05) is 0 Å². The molecule has 10 aromatic rings. The lowest BCUT2D eigenvalue weighted by Gasteiger charge is -2.31. The molecule has 0 N–H and O–H groups in total. The van der Waals surface area contributed by atoms with Gasteiger partial charge in [0.15, 0.2) is 0 Å². The summed E-state index contributed by atoms with van der Waals surface area (Å²) in [7, 11) is 0. The summed E-state index contributed by atoms with van der Waals surface area (Å²) in [6, 6.07) is 74.8. The van der Waals surface area contributed by atoms with Crippen LogP contribution in [0.2, 0.25) is 0 Å². The quantitative estimate of drug-likeness (QED) is 0.156. The average Bonchev–Trinajstić information content (AvgIpc) is 3.83. The first-order valence-electron chi connectivity index (χ1n) is 23.6. The van der Waals surface area contributed by atoms with Gasteiger partial charge < -0.3 is 4.90 Å². The van der Waals surface area contributed by atoms with E-state index >= 15 is 0 Å². The first kappa shape index (κ1) is 38.9. The van der Waals surface area contributed by atoms with Crippen molar-refractivity contribution in [2.45, 2.75) is 57.8 Å². The third-order valence-corrected chi connectivity index (χ3v) is 15.7. The van der Waals surface area contributed by atoms with Crippen molar-refractivity contribution < 1.29 is 0 Å². The van der Waals surface area contributed by atoms with E-state index in [0.717, 1.165) is 17.1 Å². The second-order valence-corrected chi connectivity index (χ2v) is 20.4. The van der Waals surface area contributed by atoms with Crippen LogP contribution in [0.4, 0.5) is 17.1 Å². The predicted octanol–water partition coefficient (Wildman–Crippen LogP) is 17.7. The Balaban J connectivity index is 1.21. The Labute approximate surface area is 388 Å². The molecule has 0 saturated carbocycles. The third-order valence-electron chi connectivity index (χ3n) is 15.7. The lowest BCUT2D eigenvalue weighted by molar-refractivity contribution is 0.636. The topological polar surface area (TPSA) is 3.24 Å². The molecule has 0 atom stereocenters. The molecule has 3 aliphatic carbocycles. The van der Waals surface area contributed by atoms with Gasteiger partial charge >= 0.3 is 0 Å². The minimum absolute atomic E-state index is 0.169. The minimum atomic E-state index is -0.290. The number of anilines is 3. The van der Waals surface area contributed by atoms with Gasteiger partial charge in [-0.25, -0.2) is 0 Å². The van der Waals surface area contributed by atoms with Gasteiger partial charge in [0.2, 0.25) is 0 Å². The molecular weight excluding hydrogens is 795 g/mol.